The number of Topliss-reactive ketones (excluding diaryl/α,β-unsaturated/α-hetero) is 2. The fourth-order valence-corrected chi connectivity index (χ4v) is 7.73. The number of nitrogens with zero attached hydrogens (tertiary/aromatic N) is 2. The second-order valence-corrected chi connectivity index (χ2v) is 11.4. The number of ketones is 2. The van der Waals surface area contributed by atoms with Crippen molar-refractivity contribution in [1.82, 2.24) is 0 Å². The number of anilines is 3. The summed E-state index contributed by atoms with van der Waals surface area (Å²) in [6.45, 7) is 0. The Balaban J connectivity index is 1.41. The lowest BCUT2D eigenvalue weighted by atomic mass is 9.86. The molecule has 3 aromatic rings. The molecule has 5 nitrogen and oxygen atoms in total. The highest BCUT2D eigenvalue weighted by molar-refractivity contribution is 6.31. The molecule has 4 fully saturated rings. The highest BCUT2D eigenvalue weighted by atomic mass is 35.5. The number of halogens is 3. The number of benzene rings is 3. The number of rotatable bonds is 4. The molecule has 0 bridgehead atoms. The van der Waals surface area contributed by atoms with Crippen LogP contribution in [0.1, 0.15) is 12.8 Å². The van der Waals surface area contributed by atoms with Crippen LogP contribution in [0.15, 0.2) is 72.8 Å². The standard InChI is InChI=1S/C28H22Cl3N3O2/c29-15-1-7-18(8-2-15)32-28-24(36)14-22-26(28)25-21(33(22)19-9-3-16(30)4-10-19)13-23(35)27(25)34(28)20-11-5-17(31)6-12-20/h1-12,21-22,25-27,32H,13-14H2/t21-,22+,25-,26+,27-,28-/m0/s1. The zero-order chi connectivity index (χ0) is 24.8. The molecule has 7 rings (SSSR count). The van der Waals surface area contributed by atoms with Gasteiger partial charge in [0.2, 0.25) is 0 Å². The van der Waals surface area contributed by atoms with Crippen LogP contribution in [0, 0.1) is 11.8 Å². The highest BCUT2D eigenvalue weighted by Gasteiger charge is 2.78. The summed E-state index contributed by atoms with van der Waals surface area (Å²) in [6.07, 6.45) is 0.853. The molecule has 2 aliphatic heterocycles. The summed E-state index contributed by atoms with van der Waals surface area (Å²) in [6, 6.07) is 22.2. The predicted molar refractivity (Wildman–Crippen MR) is 143 cm³/mol. The van der Waals surface area contributed by atoms with Gasteiger partial charge in [-0.05, 0) is 72.8 Å². The molecule has 0 radical (unpaired) electrons. The van der Waals surface area contributed by atoms with Crippen molar-refractivity contribution in [3.8, 4) is 0 Å². The SMILES string of the molecule is O=C1C[C@H]2[C@H]3[C@H]4[C@@H](CC(=O)[C@]4(Nc4ccc(Cl)cc4)N(c4ccc(Cl)cc4)[C@@H]13)N2c1ccc(Cl)cc1. The van der Waals surface area contributed by atoms with E-state index in [1.54, 1.807) is 0 Å². The molecule has 2 aliphatic carbocycles. The summed E-state index contributed by atoms with van der Waals surface area (Å²) < 4.78 is 0. The third-order valence-corrected chi connectivity index (χ3v) is 9.22. The largest absolute Gasteiger partial charge is 0.364 e. The molecule has 8 heteroatoms. The van der Waals surface area contributed by atoms with Crippen LogP contribution in [0.2, 0.25) is 15.1 Å². The van der Waals surface area contributed by atoms with Gasteiger partial charge in [-0.3, -0.25) is 9.59 Å². The Bertz CT molecular complexity index is 1380. The van der Waals surface area contributed by atoms with Crippen LogP contribution < -0.4 is 15.1 Å². The van der Waals surface area contributed by atoms with Gasteiger partial charge >= 0.3 is 0 Å². The average molecular weight is 539 g/mol. The molecule has 2 heterocycles. The van der Waals surface area contributed by atoms with E-state index in [1.807, 2.05) is 72.8 Å². The van der Waals surface area contributed by atoms with Crippen molar-refractivity contribution in [3.63, 3.8) is 0 Å². The summed E-state index contributed by atoms with van der Waals surface area (Å²) in [7, 11) is 0. The zero-order valence-electron chi connectivity index (χ0n) is 19.1. The number of hydrogen-bond acceptors (Lipinski definition) is 5. The van der Waals surface area contributed by atoms with Crippen molar-refractivity contribution in [2.75, 3.05) is 15.1 Å². The van der Waals surface area contributed by atoms with Crippen LogP contribution in [0.25, 0.3) is 0 Å². The summed E-state index contributed by atoms with van der Waals surface area (Å²) in [5.41, 5.74) is 1.56. The highest BCUT2D eigenvalue weighted by Crippen LogP contribution is 2.63. The fourth-order valence-electron chi connectivity index (χ4n) is 7.36. The lowest BCUT2D eigenvalue weighted by Gasteiger charge is -2.42. The van der Waals surface area contributed by atoms with E-state index in [1.165, 1.54) is 0 Å². The molecule has 0 aromatic heterocycles. The Hall–Kier alpha value is -2.73. The Labute approximate surface area is 223 Å². The summed E-state index contributed by atoms with van der Waals surface area (Å²) >= 11 is 18.5. The minimum Gasteiger partial charge on any atom is -0.364 e. The van der Waals surface area contributed by atoms with Gasteiger partial charge in [-0.25, -0.2) is 0 Å². The fraction of sp³-hybridized carbons (Fsp3) is 0.286. The maximum atomic E-state index is 14.2. The number of hydrogen-bond donors (Lipinski definition) is 1. The Kier molecular flexibility index (Phi) is 4.92. The van der Waals surface area contributed by atoms with Gasteiger partial charge in [-0.2, -0.15) is 0 Å². The van der Waals surface area contributed by atoms with Gasteiger partial charge < -0.3 is 15.1 Å². The second-order valence-electron chi connectivity index (χ2n) is 10.1. The Morgan fingerprint density at radius 1 is 0.722 bits per heavy atom. The summed E-state index contributed by atoms with van der Waals surface area (Å²) in [5, 5.41) is 5.52. The molecule has 3 aromatic carbocycles. The van der Waals surface area contributed by atoms with E-state index < -0.39 is 11.7 Å². The lowest BCUT2D eigenvalue weighted by Crippen LogP contribution is -2.60. The van der Waals surface area contributed by atoms with E-state index in [9.17, 15) is 9.59 Å². The smallest absolute Gasteiger partial charge is 0.181 e. The first kappa shape index (κ1) is 22.5. The molecule has 0 spiro atoms. The quantitative estimate of drug-likeness (QED) is 0.436. The molecule has 2 saturated heterocycles. The molecule has 36 heavy (non-hydrogen) atoms. The van der Waals surface area contributed by atoms with Crippen LogP contribution in [0.4, 0.5) is 17.1 Å². The molecule has 6 atom stereocenters. The van der Waals surface area contributed by atoms with Crippen molar-refractivity contribution in [2.45, 2.75) is 36.6 Å². The van der Waals surface area contributed by atoms with Crippen LogP contribution in [0.5, 0.6) is 0 Å². The van der Waals surface area contributed by atoms with Crippen molar-refractivity contribution < 1.29 is 9.59 Å². The van der Waals surface area contributed by atoms with Crippen LogP contribution in [0.3, 0.4) is 0 Å². The van der Waals surface area contributed by atoms with Crippen molar-refractivity contribution in [3.05, 3.63) is 87.9 Å². The molecule has 2 saturated carbocycles. The minimum atomic E-state index is -1.06. The van der Waals surface area contributed by atoms with E-state index in [0.29, 0.717) is 27.9 Å². The Morgan fingerprint density at radius 3 is 1.89 bits per heavy atom. The lowest BCUT2D eigenvalue weighted by molar-refractivity contribution is -0.121. The van der Waals surface area contributed by atoms with Gasteiger partial charge in [-0.1, -0.05) is 34.8 Å². The van der Waals surface area contributed by atoms with Gasteiger partial charge in [0.05, 0.1) is 6.04 Å². The topological polar surface area (TPSA) is 52.7 Å². The number of carbonyl (C=O) groups is 2. The molecule has 4 aliphatic rings. The molecule has 182 valence electrons. The normalized spacial score (nSPS) is 31.9. The maximum Gasteiger partial charge on any atom is 0.181 e. The van der Waals surface area contributed by atoms with E-state index in [0.717, 1.165) is 17.1 Å². The zero-order valence-corrected chi connectivity index (χ0v) is 21.3. The summed E-state index contributed by atoms with van der Waals surface area (Å²) in [5.74, 6) is 0.187. The van der Waals surface area contributed by atoms with E-state index in [-0.39, 0.29) is 35.5 Å². The third-order valence-electron chi connectivity index (χ3n) is 8.46. The van der Waals surface area contributed by atoms with Gasteiger partial charge in [0.1, 0.15) is 0 Å². The van der Waals surface area contributed by atoms with Crippen molar-refractivity contribution in [2.24, 2.45) is 11.8 Å². The Morgan fingerprint density at radius 2 is 1.28 bits per heavy atom. The first-order chi connectivity index (χ1) is 17.4. The monoisotopic (exact) mass is 537 g/mol. The third kappa shape index (κ3) is 2.97. The van der Waals surface area contributed by atoms with Crippen LogP contribution in [-0.4, -0.2) is 35.4 Å². The second kappa shape index (κ2) is 7.88. The molecular weight excluding hydrogens is 517 g/mol. The average Bonchev–Trinajstić information content (AvgIpc) is 3.53. The van der Waals surface area contributed by atoms with E-state index >= 15 is 0 Å². The first-order valence-corrected chi connectivity index (χ1v) is 13.2. The number of carbonyl (C=O) groups excluding carboxylic acids is 2. The van der Waals surface area contributed by atoms with Crippen molar-refractivity contribution in [1.29, 1.82) is 0 Å². The van der Waals surface area contributed by atoms with Gasteiger partial charge in [0.15, 0.2) is 17.2 Å². The molecule has 0 amide bonds. The van der Waals surface area contributed by atoms with Gasteiger partial charge in [-0.15, -0.1) is 0 Å². The molecular formula is C28H22Cl3N3O2. The molecule has 0 unspecified atom stereocenters. The van der Waals surface area contributed by atoms with Gasteiger partial charge in [0, 0.05) is 68.9 Å². The predicted octanol–water partition coefficient (Wildman–Crippen LogP) is 6.08. The minimum absolute atomic E-state index is 0.0140. The van der Waals surface area contributed by atoms with E-state index in [4.69, 9.17) is 34.8 Å². The van der Waals surface area contributed by atoms with Gasteiger partial charge in [0.25, 0.3) is 0 Å². The molecule has 1 N–H and O–H groups in total. The van der Waals surface area contributed by atoms with Crippen molar-refractivity contribution >= 4 is 63.4 Å². The summed E-state index contributed by atoms with van der Waals surface area (Å²) in [4.78, 5) is 32.3. The first-order valence-electron chi connectivity index (χ1n) is 12.1. The van der Waals surface area contributed by atoms with Crippen LogP contribution >= 0.6 is 34.8 Å². The maximum absolute atomic E-state index is 14.2. The number of nitrogens with one attached hydrogen (secondary N) is 1. The van der Waals surface area contributed by atoms with E-state index in [2.05, 4.69) is 15.1 Å². The van der Waals surface area contributed by atoms with Crippen LogP contribution in [-0.2, 0) is 9.59 Å².